The first-order valence-electron chi connectivity index (χ1n) is 9.16. The molecule has 0 aromatic heterocycles. The van der Waals surface area contributed by atoms with Gasteiger partial charge in [-0.25, -0.2) is 4.99 Å². The molecule has 0 radical (unpaired) electrons. The largest absolute Gasteiger partial charge is 0.488 e. The van der Waals surface area contributed by atoms with E-state index in [0.717, 1.165) is 38.3 Å². The van der Waals surface area contributed by atoms with Gasteiger partial charge < -0.3 is 25.0 Å². The fourth-order valence-electron chi connectivity index (χ4n) is 3.03. The summed E-state index contributed by atoms with van der Waals surface area (Å²) in [6.45, 7) is 3.14. The highest BCUT2D eigenvalue weighted by Gasteiger charge is 2.22. The smallest absolute Gasteiger partial charge is 0.243 e. The second-order valence-electron chi connectivity index (χ2n) is 7.00. The summed E-state index contributed by atoms with van der Waals surface area (Å²) in [5, 5.41) is 6.65. The van der Waals surface area contributed by atoms with Gasteiger partial charge in [0.1, 0.15) is 18.4 Å². The van der Waals surface area contributed by atoms with Gasteiger partial charge in [-0.1, -0.05) is 18.2 Å². The Labute approximate surface area is 177 Å². The number of hydrogen-bond donors (Lipinski definition) is 2. The van der Waals surface area contributed by atoms with Crippen molar-refractivity contribution < 1.29 is 14.3 Å². The molecule has 150 valence electrons. The Bertz CT molecular complexity index is 623. The number of hydrogen-bond acceptors (Lipinski definition) is 4. The number of aliphatic imine (C=N–C) groups is 1. The van der Waals surface area contributed by atoms with Gasteiger partial charge in [-0.3, -0.25) is 4.79 Å². The number of nitrogens with zero attached hydrogens (tertiary/aromatic N) is 2. The summed E-state index contributed by atoms with van der Waals surface area (Å²) in [4.78, 5) is 17.8. The molecule has 1 fully saturated rings. The fourth-order valence-corrected chi connectivity index (χ4v) is 3.03. The second-order valence-corrected chi connectivity index (χ2v) is 7.00. The van der Waals surface area contributed by atoms with E-state index in [-0.39, 0.29) is 42.5 Å². The van der Waals surface area contributed by atoms with E-state index in [2.05, 4.69) is 21.7 Å². The number of halogens is 1. The van der Waals surface area contributed by atoms with Crippen molar-refractivity contribution in [3.63, 3.8) is 0 Å². The Morgan fingerprint density at radius 3 is 2.74 bits per heavy atom. The number of para-hydroxylation sites is 1. The first-order chi connectivity index (χ1) is 12.6. The molecule has 2 aliphatic rings. The molecule has 1 amide bonds. The highest BCUT2D eigenvalue weighted by molar-refractivity contribution is 14.0. The van der Waals surface area contributed by atoms with E-state index >= 15 is 0 Å². The van der Waals surface area contributed by atoms with Crippen LogP contribution in [0.4, 0.5) is 0 Å². The van der Waals surface area contributed by atoms with Gasteiger partial charge in [0.05, 0.1) is 13.2 Å². The van der Waals surface area contributed by atoms with Gasteiger partial charge in [0.15, 0.2) is 5.96 Å². The normalized spacial score (nSPS) is 21.0. The fraction of sp³-hybridized carbons (Fsp3) is 0.579. The van der Waals surface area contributed by atoms with Crippen molar-refractivity contribution in [1.82, 2.24) is 15.5 Å². The molecule has 0 saturated carbocycles. The molecule has 2 heterocycles. The van der Waals surface area contributed by atoms with Crippen LogP contribution < -0.4 is 15.4 Å². The lowest BCUT2D eigenvalue weighted by Crippen LogP contribution is -2.44. The van der Waals surface area contributed by atoms with Crippen molar-refractivity contribution in [2.75, 3.05) is 46.9 Å². The lowest BCUT2D eigenvalue weighted by atomic mass is 10.1. The molecule has 2 atom stereocenters. The van der Waals surface area contributed by atoms with Crippen molar-refractivity contribution in [3.05, 3.63) is 29.8 Å². The van der Waals surface area contributed by atoms with Gasteiger partial charge in [-0.2, -0.15) is 0 Å². The summed E-state index contributed by atoms with van der Waals surface area (Å²) in [6.07, 6.45) is 2.00. The van der Waals surface area contributed by atoms with Crippen molar-refractivity contribution >= 4 is 35.8 Å². The van der Waals surface area contributed by atoms with Crippen LogP contribution in [-0.2, 0) is 16.0 Å². The molecule has 0 aliphatic carbocycles. The number of guanidine groups is 1. The predicted molar refractivity (Wildman–Crippen MR) is 116 cm³/mol. The SMILES string of the molecule is CN(C)C(=O)CN=C(NCC1CCOC1)NCC1Cc2ccccc2O1.I. The molecule has 7 nitrogen and oxygen atoms in total. The summed E-state index contributed by atoms with van der Waals surface area (Å²) in [6, 6.07) is 8.11. The topological polar surface area (TPSA) is 75.2 Å². The molecule has 2 N–H and O–H groups in total. The van der Waals surface area contributed by atoms with Gasteiger partial charge in [-0.05, 0) is 18.1 Å². The first kappa shape index (κ1) is 21.7. The average molecular weight is 488 g/mol. The molecule has 27 heavy (non-hydrogen) atoms. The van der Waals surface area contributed by atoms with Crippen molar-refractivity contribution in [1.29, 1.82) is 0 Å². The number of nitrogens with one attached hydrogen (secondary N) is 2. The van der Waals surface area contributed by atoms with Gasteiger partial charge >= 0.3 is 0 Å². The van der Waals surface area contributed by atoms with Gasteiger partial charge in [-0.15, -0.1) is 24.0 Å². The van der Waals surface area contributed by atoms with Crippen molar-refractivity contribution in [3.8, 4) is 5.75 Å². The molecule has 1 saturated heterocycles. The second kappa shape index (κ2) is 10.7. The van der Waals surface area contributed by atoms with Gasteiger partial charge in [0, 0.05) is 39.6 Å². The summed E-state index contributed by atoms with van der Waals surface area (Å²) in [7, 11) is 3.47. The number of likely N-dealkylation sites (N-methyl/N-ethyl adjacent to an activating group) is 1. The summed E-state index contributed by atoms with van der Waals surface area (Å²) in [5.74, 6) is 2.06. The number of benzene rings is 1. The van der Waals surface area contributed by atoms with Crippen LogP contribution in [-0.4, -0.2) is 69.8 Å². The van der Waals surface area contributed by atoms with E-state index in [1.165, 1.54) is 5.56 Å². The third kappa shape index (κ3) is 6.53. The number of ether oxygens (including phenoxy) is 2. The minimum absolute atomic E-state index is 0. The Morgan fingerprint density at radius 2 is 2.04 bits per heavy atom. The maximum Gasteiger partial charge on any atom is 0.243 e. The number of fused-ring (bicyclic) bond motifs is 1. The number of carbonyl (C=O) groups excluding carboxylic acids is 1. The number of amides is 1. The molecule has 2 aliphatic heterocycles. The molecular formula is C19H29IN4O3. The maximum atomic E-state index is 11.8. The average Bonchev–Trinajstić information content (AvgIpc) is 3.29. The minimum Gasteiger partial charge on any atom is -0.488 e. The lowest BCUT2D eigenvalue weighted by Gasteiger charge is -2.18. The molecule has 2 unspecified atom stereocenters. The van der Waals surface area contributed by atoms with E-state index in [1.807, 2.05) is 18.2 Å². The zero-order chi connectivity index (χ0) is 18.4. The van der Waals surface area contributed by atoms with Crippen LogP contribution in [0.2, 0.25) is 0 Å². The molecule has 8 heteroatoms. The Hall–Kier alpha value is -1.55. The predicted octanol–water partition coefficient (Wildman–Crippen LogP) is 1.27. The maximum absolute atomic E-state index is 11.8. The Morgan fingerprint density at radius 1 is 1.26 bits per heavy atom. The summed E-state index contributed by atoms with van der Waals surface area (Å²) >= 11 is 0. The summed E-state index contributed by atoms with van der Waals surface area (Å²) in [5.41, 5.74) is 1.23. The summed E-state index contributed by atoms with van der Waals surface area (Å²) < 4.78 is 11.4. The highest BCUT2D eigenvalue weighted by atomic mass is 127. The number of carbonyl (C=O) groups is 1. The van der Waals surface area contributed by atoms with Crippen molar-refractivity contribution in [2.24, 2.45) is 10.9 Å². The minimum atomic E-state index is -0.0279. The zero-order valence-electron chi connectivity index (χ0n) is 15.9. The molecule has 0 spiro atoms. The van der Waals surface area contributed by atoms with Crippen molar-refractivity contribution in [2.45, 2.75) is 18.9 Å². The Kier molecular flexibility index (Phi) is 8.62. The van der Waals surface area contributed by atoms with Crippen LogP contribution in [0.5, 0.6) is 5.75 Å². The molecule has 1 aromatic carbocycles. The van der Waals surface area contributed by atoms with E-state index in [1.54, 1.807) is 19.0 Å². The molecule has 1 aromatic rings. The zero-order valence-corrected chi connectivity index (χ0v) is 18.3. The van der Waals surface area contributed by atoms with Gasteiger partial charge in [0.2, 0.25) is 5.91 Å². The van der Waals surface area contributed by atoms with E-state index in [4.69, 9.17) is 9.47 Å². The van der Waals surface area contributed by atoms with Crippen LogP contribution in [0.25, 0.3) is 0 Å². The third-order valence-electron chi connectivity index (χ3n) is 4.66. The molecule has 3 rings (SSSR count). The van der Waals surface area contributed by atoms with E-state index in [9.17, 15) is 4.79 Å². The molecular weight excluding hydrogens is 459 g/mol. The first-order valence-corrected chi connectivity index (χ1v) is 9.16. The quantitative estimate of drug-likeness (QED) is 0.359. The van der Waals surface area contributed by atoms with E-state index in [0.29, 0.717) is 18.4 Å². The van der Waals surface area contributed by atoms with Crippen LogP contribution in [0.15, 0.2) is 29.3 Å². The highest BCUT2D eigenvalue weighted by Crippen LogP contribution is 2.27. The van der Waals surface area contributed by atoms with Crippen LogP contribution in [0, 0.1) is 5.92 Å². The third-order valence-corrected chi connectivity index (χ3v) is 4.66. The lowest BCUT2D eigenvalue weighted by molar-refractivity contribution is -0.127. The van der Waals surface area contributed by atoms with Crippen LogP contribution in [0.3, 0.4) is 0 Å². The van der Waals surface area contributed by atoms with Gasteiger partial charge in [0.25, 0.3) is 0 Å². The molecule has 0 bridgehead atoms. The van der Waals surface area contributed by atoms with E-state index < -0.39 is 0 Å². The monoisotopic (exact) mass is 488 g/mol. The van der Waals surface area contributed by atoms with Crippen LogP contribution in [0.1, 0.15) is 12.0 Å². The van der Waals surface area contributed by atoms with Crippen LogP contribution >= 0.6 is 24.0 Å². The Balaban J connectivity index is 0.00000261. The number of rotatable bonds is 6. The standard InChI is InChI=1S/C19H28N4O3.HI/c1-23(2)18(24)12-22-19(20-10-14-7-8-25-13-14)21-11-16-9-15-5-3-4-6-17(15)26-16;/h3-6,14,16H,7-13H2,1-2H3,(H2,20,21,22);1H.